The zero-order valence-corrected chi connectivity index (χ0v) is 69.5. The molecule has 4 aromatic carbocycles. The van der Waals surface area contributed by atoms with E-state index in [9.17, 15) is 77.6 Å². The third kappa shape index (κ3) is 32.0. The van der Waals surface area contributed by atoms with Gasteiger partial charge >= 0.3 is 5.97 Å². The molecule has 0 unspecified atom stereocenters. The van der Waals surface area contributed by atoms with Crippen molar-refractivity contribution in [2.75, 3.05) is 52.4 Å². The molecule has 686 valence electrons. The largest absolute Gasteiger partial charge is 0.508 e. The minimum Gasteiger partial charge on any atom is -0.508 e. The van der Waals surface area contributed by atoms with Crippen LogP contribution in [-0.2, 0) is 69.5 Å². The maximum absolute atomic E-state index is 14.9. The third-order valence-electron chi connectivity index (χ3n) is 20.1. The van der Waals surface area contributed by atoms with E-state index in [1.165, 1.54) is 78.9 Å². The van der Waals surface area contributed by atoms with Crippen LogP contribution in [0.1, 0.15) is 159 Å². The lowest BCUT2D eigenvalue weighted by molar-refractivity contribution is -0.136. The molecule has 0 fully saturated rings. The Labute approximate surface area is 724 Å². The van der Waals surface area contributed by atoms with Gasteiger partial charge in [-0.1, -0.05) is 12.1 Å². The lowest BCUT2D eigenvalue weighted by atomic mass is 9.77. The number of nitrogens with one attached hydrogen (secondary N) is 20. The average Bonchev–Trinajstić information content (AvgIpc) is 1.51. The average molecular weight is 1760 g/mol. The van der Waals surface area contributed by atoms with E-state index in [4.69, 9.17) is 88.1 Å². The van der Waals surface area contributed by atoms with Crippen LogP contribution < -0.4 is 136 Å². The normalized spacial score (nSPS) is 14.0. The van der Waals surface area contributed by atoms with E-state index in [0.29, 0.717) is 18.4 Å². The summed E-state index contributed by atoms with van der Waals surface area (Å²) in [5.74, 6) is -14.8. The number of phenols is 3. The molecule has 47 heteroatoms. The van der Waals surface area contributed by atoms with E-state index in [0.717, 1.165) is 0 Å². The highest BCUT2D eigenvalue weighted by Crippen LogP contribution is 2.57. The van der Waals surface area contributed by atoms with Crippen molar-refractivity contribution in [3.63, 3.8) is 0 Å². The number of esters is 1. The van der Waals surface area contributed by atoms with Crippen molar-refractivity contribution in [1.29, 1.82) is 27.0 Å². The summed E-state index contributed by atoms with van der Waals surface area (Å²) in [5, 5.41) is 108. The summed E-state index contributed by atoms with van der Waals surface area (Å²) in [7, 11) is 0. The number of rotatable bonds is 54. The highest BCUT2D eigenvalue weighted by Gasteiger charge is 2.54. The van der Waals surface area contributed by atoms with Crippen LogP contribution in [-0.4, -0.2) is 229 Å². The summed E-state index contributed by atoms with van der Waals surface area (Å²) in [5.41, 5.74) is 49.8. The predicted molar refractivity (Wildman–Crippen MR) is 459 cm³/mol. The molecule has 0 aromatic heterocycles. The number of nitrogens with two attached hydrogens (primary N) is 9. The zero-order valence-electron chi connectivity index (χ0n) is 69.5. The molecular formula is C79H117N29O18. The molecule has 126 heavy (non-hydrogen) atoms. The van der Waals surface area contributed by atoms with Gasteiger partial charge in [0, 0.05) is 80.0 Å². The molecule has 47 nitrogen and oxygen atoms in total. The van der Waals surface area contributed by atoms with E-state index in [-0.39, 0.29) is 205 Å². The van der Waals surface area contributed by atoms with Crippen LogP contribution in [0.15, 0.2) is 78.9 Å². The Morgan fingerprint density at radius 1 is 0.365 bits per heavy atom. The molecule has 2 aliphatic heterocycles. The predicted octanol–water partition coefficient (Wildman–Crippen LogP) is -5.97. The van der Waals surface area contributed by atoms with Crippen LogP contribution in [0.5, 0.6) is 28.7 Å². The Hall–Kier alpha value is -14.5. The maximum atomic E-state index is 14.9. The highest BCUT2D eigenvalue weighted by atomic mass is 16.6. The quantitative estimate of drug-likeness (QED) is 0.00847. The Morgan fingerprint density at radius 2 is 0.714 bits per heavy atom. The van der Waals surface area contributed by atoms with E-state index < -0.39 is 180 Å². The molecular weight excluding hydrogens is 1640 g/mol. The topological polar surface area (TPSA) is 835 Å². The van der Waals surface area contributed by atoms with Gasteiger partial charge < -0.3 is 156 Å². The monoisotopic (exact) mass is 1760 g/mol. The first-order valence-corrected chi connectivity index (χ1v) is 40.8. The van der Waals surface area contributed by atoms with Crippen molar-refractivity contribution in [2.45, 2.75) is 182 Å². The molecule has 0 saturated carbocycles. The van der Waals surface area contributed by atoms with E-state index in [2.05, 4.69) is 79.8 Å². The van der Waals surface area contributed by atoms with E-state index in [1.54, 1.807) is 0 Å². The first kappa shape index (κ1) is 100. The van der Waals surface area contributed by atoms with Gasteiger partial charge in [0.25, 0.3) is 5.91 Å². The second kappa shape index (κ2) is 50.1. The van der Waals surface area contributed by atoms with Crippen molar-refractivity contribution in [3.8, 4) is 28.7 Å². The van der Waals surface area contributed by atoms with Crippen molar-refractivity contribution < 1.29 is 87.1 Å². The summed E-state index contributed by atoms with van der Waals surface area (Å²) >= 11 is 0. The van der Waals surface area contributed by atoms with Crippen LogP contribution in [0.25, 0.3) is 0 Å². The molecule has 0 bridgehead atoms. The molecule has 2 heterocycles. The minimum absolute atomic E-state index is 0.00180. The van der Waals surface area contributed by atoms with Gasteiger partial charge in [-0.15, -0.1) is 0 Å². The van der Waals surface area contributed by atoms with Crippen LogP contribution in [0, 0.1) is 27.0 Å². The number of carbonyl (C=O) groups is 13. The number of fused-ring (bicyclic) bond motifs is 6. The van der Waals surface area contributed by atoms with E-state index in [1.807, 2.05) is 0 Å². The van der Waals surface area contributed by atoms with Gasteiger partial charge in [-0.3, -0.25) is 84.6 Å². The first-order chi connectivity index (χ1) is 59.9. The number of hydrogen-bond donors (Lipinski definition) is 32. The number of phenolic OH excluding ortho intramolecular Hbond substituents is 3. The van der Waals surface area contributed by atoms with Crippen molar-refractivity contribution in [2.24, 2.45) is 51.6 Å². The van der Waals surface area contributed by atoms with Crippen LogP contribution in [0.3, 0.4) is 0 Å². The summed E-state index contributed by atoms with van der Waals surface area (Å²) in [6, 6.07) is 4.27. The Bertz CT molecular complexity index is 4520. The number of ether oxygens (including phenoxy) is 2. The van der Waals surface area contributed by atoms with Gasteiger partial charge in [-0.05, 0) is 182 Å². The molecule has 0 saturated heterocycles. The van der Waals surface area contributed by atoms with Gasteiger partial charge in [0.1, 0.15) is 83.1 Å². The van der Waals surface area contributed by atoms with Gasteiger partial charge in [0.15, 0.2) is 35.4 Å². The van der Waals surface area contributed by atoms with Crippen LogP contribution in [0.2, 0.25) is 0 Å². The molecule has 6 rings (SSSR count). The molecule has 0 aliphatic carbocycles. The van der Waals surface area contributed by atoms with Gasteiger partial charge in [-0.25, -0.2) is 4.79 Å². The Balaban J connectivity index is 1.24. The fourth-order valence-corrected chi connectivity index (χ4v) is 13.7. The van der Waals surface area contributed by atoms with Crippen molar-refractivity contribution >= 4 is 107 Å². The fourth-order valence-electron chi connectivity index (χ4n) is 13.7. The Kier molecular flexibility index (Phi) is 39.9. The second-order valence-corrected chi connectivity index (χ2v) is 29.8. The number of benzene rings is 4. The van der Waals surface area contributed by atoms with Crippen molar-refractivity contribution in [3.05, 3.63) is 112 Å². The number of primary amides is 2. The molecule has 1 spiro atoms. The number of amides is 12. The SMILES string of the molecule is N=C(N)NCCC[C@H](NC(=O)[C@H](CCCNC(=N)N)NC(=O)[C@H](CCC(N)=O)NC(=O)[C@H](CCCNC(=N)N)NC(=O)[C@H](CCCNC(=N)N)NC(=O)[C@H](CCCCN)NC(=O)[C@H](CCCCN)NC(=O)[C@H](CCCNC(=N)N)NC(=O)CNC(=O)[C@H](Cc1ccc(O)cc1)NC(=O)c1ccc2c(c1)C1(OC2=O)c2ccc(O)cc2Oc2cc(O)ccc21)C(N)=O. The summed E-state index contributed by atoms with van der Waals surface area (Å²) in [6.07, 6.45) is -1.07. The number of unbranched alkanes of at least 4 members (excludes halogenated alkanes) is 2. The van der Waals surface area contributed by atoms with Gasteiger partial charge in [0.05, 0.1) is 12.1 Å². The second-order valence-electron chi connectivity index (χ2n) is 29.8. The van der Waals surface area contributed by atoms with Crippen LogP contribution in [0.4, 0.5) is 0 Å². The summed E-state index contributed by atoms with van der Waals surface area (Å²) < 4.78 is 12.2. The van der Waals surface area contributed by atoms with Gasteiger partial charge in [0.2, 0.25) is 65.0 Å². The van der Waals surface area contributed by atoms with Crippen molar-refractivity contribution in [1.82, 2.24) is 79.8 Å². The summed E-state index contributed by atoms with van der Waals surface area (Å²) in [6.45, 7) is -0.508. The standard InChI is InChI=1S/C79H117N29O18/c80-29-3-1-10-52(102-66(117)51(13-6-32-95-75(86)87)100-62(113)40-99-65(116)58(36-41-17-20-43(109)21-18-41)108-64(115)42-19-24-46-49(37-42)79(126-73(46)124)47-25-22-44(110)38-59(47)125-60-39-45(111)23-26-48(60)79)68(119)103-53(11-2-4-30-81)69(120)104-55(15-8-34-97-77(90)91)70(121)105-56(16-9-35-98-78(92)93)71(122)107-57(27-28-61(82)112)72(123)106-54(14-7-33-96-76(88)89)67(118)101-50(63(83)114)12-5-31-94-74(84)85/h17-26,37-39,50-58,109-111H,1-16,27-36,40,80-81H2,(H2,82,112)(H2,83,114)(H,99,116)(H,100,113)(H,101,118)(H,102,117)(H,103,119)(H,104,120)(H,105,121)(H,106,123)(H,107,122)(H,108,115)(H4,84,85,94)(H4,86,87,95)(H4,88,89,96)(H4,90,91,97)(H4,92,93,98)/t50-,51-,52-,53-,54-,55-,56-,57-,58-/m0/s1. The zero-order chi connectivity index (χ0) is 92.7. The molecule has 9 atom stereocenters. The number of aromatic hydroxyl groups is 3. The van der Waals surface area contributed by atoms with E-state index >= 15 is 0 Å². The third-order valence-corrected chi connectivity index (χ3v) is 20.1. The molecule has 0 radical (unpaired) electrons. The minimum atomic E-state index is -1.78. The Morgan fingerprint density at radius 3 is 1.08 bits per heavy atom. The highest BCUT2D eigenvalue weighted by molar-refractivity contribution is 6.03. The smallest absolute Gasteiger partial charge is 0.340 e. The molecule has 41 N–H and O–H groups in total. The molecule has 12 amide bonds. The number of guanidine groups is 5. The first-order valence-electron chi connectivity index (χ1n) is 40.8. The number of carbonyl (C=O) groups excluding carboxylic acids is 13. The summed E-state index contributed by atoms with van der Waals surface area (Å²) in [4.78, 5) is 184. The number of hydrogen-bond acceptors (Lipinski definition) is 25. The lowest BCUT2D eigenvalue weighted by Crippen LogP contribution is -2.60. The van der Waals surface area contributed by atoms with Crippen LogP contribution >= 0.6 is 0 Å². The fraction of sp³-hybridized carbons (Fsp3) is 0.468. The van der Waals surface area contributed by atoms with Gasteiger partial charge in [-0.2, -0.15) is 0 Å². The molecule has 2 aliphatic rings. The maximum Gasteiger partial charge on any atom is 0.340 e. The molecule has 4 aromatic rings. The lowest BCUT2D eigenvalue weighted by Gasteiger charge is -2.36.